The number of imide groups is 1. The molecule has 1 aliphatic rings. The normalized spacial score (nSPS) is 14.5. The zero-order valence-electron chi connectivity index (χ0n) is 19.1. The van der Waals surface area contributed by atoms with Crippen molar-refractivity contribution in [1.82, 2.24) is 4.90 Å². The fraction of sp³-hybridized carbons (Fsp3) is 0.148. The molecule has 0 unspecified atom stereocenters. The van der Waals surface area contributed by atoms with Crippen LogP contribution in [-0.2, 0) is 4.79 Å². The quantitative estimate of drug-likeness (QED) is 0.192. The van der Waals surface area contributed by atoms with Gasteiger partial charge in [0.1, 0.15) is 18.1 Å². The maximum atomic E-state index is 12.9. The minimum absolute atomic E-state index is 0.129. The Morgan fingerprint density at radius 2 is 1.77 bits per heavy atom. The molecule has 0 radical (unpaired) electrons. The number of halogens is 1. The molecule has 1 heterocycles. The second kappa shape index (κ2) is 10.9. The Hall–Kier alpha value is -3.36. The molecule has 4 rings (SSSR count). The van der Waals surface area contributed by atoms with E-state index < -0.39 is 11.9 Å². The largest absolute Gasteiger partial charge is 0.492 e. The first kappa shape index (κ1) is 24.8. The first-order valence-electron chi connectivity index (χ1n) is 10.8. The SMILES string of the molecule is Cc1ccc(C(=O)Oc2ccc(Br)cc2/C=C2\SC(=O)N(CCOc3cccc(C)c3)C2=O)cc1. The highest BCUT2D eigenvalue weighted by Gasteiger charge is 2.35. The molecular formula is C27H22BrNO5S. The summed E-state index contributed by atoms with van der Waals surface area (Å²) in [6.07, 6.45) is 1.56. The van der Waals surface area contributed by atoms with Crippen molar-refractivity contribution < 1.29 is 23.9 Å². The maximum Gasteiger partial charge on any atom is 0.343 e. The van der Waals surface area contributed by atoms with Gasteiger partial charge in [-0.25, -0.2) is 4.79 Å². The molecule has 3 aromatic carbocycles. The van der Waals surface area contributed by atoms with E-state index in [0.29, 0.717) is 16.9 Å². The number of hydrogen-bond donors (Lipinski definition) is 0. The van der Waals surface area contributed by atoms with Crippen LogP contribution < -0.4 is 9.47 Å². The topological polar surface area (TPSA) is 72.9 Å². The Morgan fingerprint density at radius 3 is 2.51 bits per heavy atom. The highest BCUT2D eigenvalue weighted by molar-refractivity contribution is 9.10. The van der Waals surface area contributed by atoms with Crippen molar-refractivity contribution in [2.45, 2.75) is 13.8 Å². The summed E-state index contributed by atoms with van der Waals surface area (Å²) in [6.45, 7) is 4.21. The van der Waals surface area contributed by atoms with Gasteiger partial charge < -0.3 is 9.47 Å². The van der Waals surface area contributed by atoms with E-state index in [4.69, 9.17) is 9.47 Å². The summed E-state index contributed by atoms with van der Waals surface area (Å²) in [5, 5.41) is -0.373. The third kappa shape index (κ3) is 6.21. The number of benzene rings is 3. The van der Waals surface area contributed by atoms with Gasteiger partial charge in [0.15, 0.2) is 0 Å². The van der Waals surface area contributed by atoms with Gasteiger partial charge in [0.05, 0.1) is 17.0 Å². The third-order valence-electron chi connectivity index (χ3n) is 5.20. The number of hydrogen-bond acceptors (Lipinski definition) is 6. The summed E-state index contributed by atoms with van der Waals surface area (Å²) in [6, 6.07) is 19.7. The van der Waals surface area contributed by atoms with Crippen molar-refractivity contribution in [3.05, 3.63) is 98.4 Å². The number of rotatable bonds is 7. The molecule has 0 spiro atoms. The Bertz CT molecular complexity index is 1320. The van der Waals surface area contributed by atoms with Crippen LogP contribution in [0.4, 0.5) is 4.79 Å². The summed E-state index contributed by atoms with van der Waals surface area (Å²) in [5.74, 6) is 0.0436. The van der Waals surface area contributed by atoms with Crippen molar-refractivity contribution in [2.75, 3.05) is 13.2 Å². The van der Waals surface area contributed by atoms with Crippen molar-refractivity contribution in [3.63, 3.8) is 0 Å². The van der Waals surface area contributed by atoms with Gasteiger partial charge in [-0.2, -0.15) is 0 Å². The summed E-state index contributed by atoms with van der Waals surface area (Å²) in [5.41, 5.74) is 3.01. The van der Waals surface area contributed by atoms with Crippen molar-refractivity contribution >= 4 is 50.9 Å². The molecule has 0 bridgehead atoms. The van der Waals surface area contributed by atoms with E-state index in [2.05, 4.69) is 15.9 Å². The number of aryl methyl sites for hydroxylation is 2. The molecule has 1 aliphatic heterocycles. The van der Waals surface area contributed by atoms with Crippen LogP contribution in [0.3, 0.4) is 0 Å². The molecule has 0 aromatic heterocycles. The molecule has 178 valence electrons. The van der Waals surface area contributed by atoms with Crippen LogP contribution in [0, 0.1) is 13.8 Å². The lowest BCUT2D eigenvalue weighted by molar-refractivity contribution is -0.123. The lowest BCUT2D eigenvalue weighted by atomic mass is 10.1. The number of carbonyl (C=O) groups excluding carboxylic acids is 3. The van der Waals surface area contributed by atoms with Gasteiger partial charge in [-0.05, 0) is 79.7 Å². The Morgan fingerprint density at radius 1 is 1.00 bits per heavy atom. The Kier molecular flexibility index (Phi) is 7.73. The molecule has 3 aromatic rings. The minimum atomic E-state index is -0.511. The standard InChI is InChI=1S/C27H22BrNO5S/c1-17-6-8-19(9-7-17)26(31)34-23-11-10-21(28)15-20(23)16-24-25(30)29(27(32)35-24)12-13-33-22-5-3-4-18(2)14-22/h3-11,14-16H,12-13H2,1-2H3/b24-16-. The first-order chi connectivity index (χ1) is 16.8. The highest BCUT2D eigenvalue weighted by atomic mass is 79.9. The molecule has 2 amide bonds. The monoisotopic (exact) mass is 551 g/mol. The summed E-state index contributed by atoms with van der Waals surface area (Å²) in [4.78, 5) is 39.5. The van der Waals surface area contributed by atoms with E-state index in [9.17, 15) is 14.4 Å². The fourth-order valence-corrected chi connectivity index (χ4v) is 4.60. The van der Waals surface area contributed by atoms with Gasteiger partial charge in [0.25, 0.3) is 11.1 Å². The summed E-state index contributed by atoms with van der Waals surface area (Å²) >= 11 is 4.25. The lowest BCUT2D eigenvalue weighted by Crippen LogP contribution is -2.32. The number of esters is 1. The highest BCUT2D eigenvalue weighted by Crippen LogP contribution is 2.35. The molecule has 0 N–H and O–H groups in total. The van der Waals surface area contributed by atoms with Gasteiger partial charge in [0.2, 0.25) is 0 Å². The lowest BCUT2D eigenvalue weighted by Gasteiger charge is -2.13. The van der Waals surface area contributed by atoms with Gasteiger partial charge in [-0.3, -0.25) is 14.5 Å². The van der Waals surface area contributed by atoms with Gasteiger partial charge in [-0.15, -0.1) is 0 Å². The van der Waals surface area contributed by atoms with Crippen molar-refractivity contribution in [3.8, 4) is 11.5 Å². The molecular weight excluding hydrogens is 530 g/mol. The molecule has 35 heavy (non-hydrogen) atoms. The average Bonchev–Trinajstić information content (AvgIpc) is 3.08. The van der Waals surface area contributed by atoms with E-state index in [0.717, 1.165) is 32.3 Å². The maximum absolute atomic E-state index is 12.9. The second-order valence-electron chi connectivity index (χ2n) is 7.94. The Labute approximate surface area is 216 Å². The number of thioether (sulfide) groups is 1. The predicted octanol–water partition coefficient (Wildman–Crippen LogP) is 6.40. The number of nitrogens with zero attached hydrogens (tertiary/aromatic N) is 1. The number of ether oxygens (including phenoxy) is 2. The van der Waals surface area contributed by atoms with Gasteiger partial charge in [-0.1, -0.05) is 45.8 Å². The van der Waals surface area contributed by atoms with Gasteiger partial charge in [0, 0.05) is 10.0 Å². The van der Waals surface area contributed by atoms with Crippen LogP contribution in [0.25, 0.3) is 6.08 Å². The smallest absolute Gasteiger partial charge is 0.343 e. The summed E-state index contributed by atoms with van der Waals surface area (Å²) < 4.78 is 12.0. The van der Waals surface area contributed by atoms with Crippen LogP contribution in [0.2, 0.25) is 0 Å². The number of carbonyl (C=O) groups is 3. The molecule has 6 nitrogen and oxygen atoms in total. The Balaban J connectivity index is 1.48. The molecule has 0 aliphatic carbocycles. The summed E-state index contributed by atoms with van der Waals surface area (Å²) in [7, 11) is 0. The molecule has 1 saturated heterocycles. The van der Waals surface area contributed by atoms with Crippen molar-refractivity contribution in [1.29, 1.82) is 0 Å². The third-order valence-corrected chi connectivity index (χ3v) is 6.60. The minimum Gasteiger partial charge on any atom is -0.492 e. The molecule has 0 atom stereocenters. The van der Waals surface area contributed by atoms with E-state index >= 15 is 0 Å². The van der Waals surface area contributed by atoms with E-state index in [1.165, 1.54) is 0 Å². The zero-order valence-corrected chi connectivity index (χ0v) is 21.5. The fourth-order valence-electron chi connectivity index (χ4n) is 3.37. The van der Waals surface area contributed by atoms with Crippen molar-refractivity contribution in [2.24, 2.45) is 0 Å². The van der Waals surface area contributed by atoms with Crippen LogP contribution in [-0.4, -0.2) is 35.2 Å². The first-order valence-corrected chi connectivity index (χ1v) is 12.4. The van der Waals surface area contributed by atoms with E-state index in [1.807, 2.05) is 50.2 Å². The van der Waals surface area contributed by atoms with Crippen LogP contribution in [0.1, 0.15) is 27.0 Å². The van der Waals surface area contributed by atoms with E-state index in [1.54, 1.807) is 36.4 Å². The molecule has 8 heteroatoms. The van der Waals surface area contributed by atoms with Crippen LogP contribution in [0.15, 0.2) is 76.1 Å². The second-order valence-corrected chi connectivity index (χ2v) is 9.84. The average molecular weight is 552 g/mol. The van der Waals surface area contributed by atoms with E-state index in [-0.39, 0.29) is 29.0 Å². The zero-order chi connectivity index (χ0) is 24.9. The van der Waals surface area contributed by atoms with Crippen LogP contribution in [0.5, 0.6) is 11.5 Å². The van der Waals surface area contributed by atoms with Gasteiger partial charge >= 0.3 is 5.97 Å². The predicted molar refractivity (Wildman–Crippen MR) is 140 cm³/mol. The number of amides is 2. The molecule has 1 fully saturated rings. The molecule has 0 saturated carbocycles. The van der Waals surface area contributed by atoms with Crippen LogP contribution >= 0.6 is 27.7 Å².